The summed E-state index contributed by atoms with van der Waals surface area (Å²) in [4.78, 5) is 36.1. The summed E-state index contributed by atoms with van der Waals surface area (Å²) in [7, 11) is 1.29. The number of aromatic hydroxyl groups is 1. The molecule has 7 heteroatoms. The molecule has 1 aromatic heterocycles. The Balaban J connectivity index is 2.83. The van der Waals surface area contributed by atoms with Gasteiger partial charge in [-0.1, -0.05) is 51.8 Å². The van der Waals surface area contributed by atoms with Crippen molar-refractivity contribution in [3.8, 4) is 5.75 Å². The molecule has 0 aliphatic heterocycles. The van der Waals surface area contributed by atoms with E-state index in [0.717, 1.165) is 25.7 Å². The maximum Gasteiger partial charge on any atom is 0.350 e. The van der Waals surface area contributed by atoms with E-state index in [2.05, 4.69) is 11.7 Å². The highest BCUT2D eigenvalue weighted by molar-refractivity contribution is 6.00. The molecule has 0 amide bonds. The number of aliphatic hydroxyl groups is 1. The third-order valence-electron chi connectivity index (χ3n) is 5.14. The summed E-state index contributed by atoms with van der Waals surface area (Å²) in [6.07, 6.45) is 10.4. The third kappa shape index (κ3) is 8.53. The Morgan fingerprint density at radius 1 is 1.19 bits per heavy atom. The second-order valence-corrected chi connectivity index (χ2v) is 7.67. The molecule has 1 heterocycles. The van der Waals surface area contributed by atoms with E-state index in [1.165, 1.54) is 26.2 Å². The highest BCUT2D eigenvalue weighted by Gasteiger charge is 2.28. The van der Waals surface area contributed by atoms with Gasteiger partial charge in [-0.3, -0.25) is 4.79 Å². The van der Waals surface area contributed by atoms with E-state index in [-0.39, 0.29) is 11.7 Å². The number of allylic oxidation sites excluding steroid dienone is 2. The molecule has 0 saturated heterocycles. The average molecular weight is 435 g/mol. The van der Waals surface area contributed by atoms with Crippen molar-refractivity contribution in [1.82, 2.24) is 0 Å². The summed E-state index contributed by atoms with van der Waals surface area (Å²) in [5.41, 5.74) is -1.38. The van der Waals surface area contributed by atoms with Crippen LogP contribution in [0.15, 0.2) is 39.6 Å². The largest absolute Gasteiger partial charge is 0.507 e. The molecule has 0 aliphatic carbocycles. The van der Waals surface area contributed by atoms with Gasteiger partial charge < -0.3 is 19.4 Å². The summed E-state index contributed by atoms with van der Waals surface area (Å²) in [5.74, 6) is -2.46. The van der Waals surface area contributed by atoms with Crippen LogP contribution in [0.1, 0.15) is 81.3 Å². The number of unbranched alkanes of at least 4 members (excludes halogenated alkanes) is 3. The molecule has 1 rings (SSSR count). The van der Waals surface area contributed by atoms with Crippen molar-refractivity contribution in [2.75, 3.05) is 7.11 Å². The predicted octanol–water partition coefficient (Wildman–Crippen LogP) is 4.27. The minimum Gasteiger partial charge on any atom is -0.507 e. The van der Waals surface area contributed by atoms with Gasteiger partial charge in [0.15, 0.2) is 5.78 Å². The predicted molar refractivity (Wildman–Crippen MR) is 118 cm³/mol. The molecule has 172 valence electrons. The minimum absolute atomic E-state index is 0.223. The van der Waals surface area contributed by atoms with Gasteiger partial charge in [0.05, 0.1) is 13.2 Å². The van der Waals surface area contributed by atoms with Gasteiger partial charge in [-0.25, -0.2) is 9.59 Å². The van der Waals surface area contributed by atoms with E-state index in [9.17, 15) is 24.6 Å². The number of hydrogen-bond donors (Lipinski definition) is 2. The average Bonchev–Trinajstić information content (AvgIpc) is 2.74. The van der Waals surface area contributed by atoms with Crippen LogP contribution in [0.25, 0.3) is 0 Å². The van der Waals surface area contributed by atoms with Crippen molar-refractivity contribution in [2.24, 2.45) is 5.92 Å². The summed E-state index contributed by atoms with van der Waals surface area (Å²) in [5, 5.41) is 20.6. The number of Topliss-reactive ketones (excluding diaryl/α,β-unsaturated/α-hetero) is 1. The van der Waals surface area contributed by atoms with Crippen LogP contribution in [-0.4, -0.2) is 35.2 Å². The van der Waals surface area contributed by atoms with Gasteiger partial charge in [-0.2, -0.15) is 0 Å². The molecule has 0 fully saturated rings. The highest BCUT2D eigenvalue weighted by Crippen LogP contribution is 2.26. The Morgan fingerprint density at radius 3 is 2.52 bits per heavy atom. The first-order valence-electron chi connectivity index (χ1n) is 10.7. The lowest BCUT2D eigenvalue weighted by Crippen LogP contribution is -2.28. The fraction of sp³-hybridized carbons (Fsp3) is 0.542. The van der Waals surface area contributed by atoms with Crippen molar-refractivity contribution < 1.29 is 29.0 Å². The lowest BCUT2D eigenvalue weighted by Gasteiger charge is -2.16. The molecule has 0 radical (unpaired) electrons. The number of methoxy groups -OCH3 is 1. The first-order valence-corrected chi connectivity index (χ1v) is 10.7. The maximum atomic E-state index is 12.7. The summed E-state index contributed by atoms with van der Waals surface area (Å²) >= 11 is 0. The SMILES string of the molecule is CCCCCC=CC(O)C(C)C(=O)c1c(O)cc(C(C)CCC=CC(=O)OC)oc1=O. The van der Waals surface area contributed by atoms with Gasteiger partial charge in [0, 0.05) is 24.0 Å². The van der Waals surface area contributed by atoms with Gasteiger partial charge >= 0.3 is 11.6 Å². The molecule has 0 saturated carbocycles. The first-order chi connectivity index (χ1) is 14.7. The number of rotatable bonds is 13. The first kappa shape index (κ1) is 26.4. The number of hydrogen-bond acceptors (Lipinski definition) is 7. The maximum absolute atomic E-state index is 12.7. The monoisotopic (exact) mass is 434 g/mol. The number of esters is 1. The molecule has 0 aromatic carbocycles. The van der Waals surface area contributed by atoms with Crippen LogP contribution in [0.3, 0.4) is 0 Å². The summed E-state index contributed by atoms with van der Waals surface area (Å²) in [6, 6.07) is 1.27. The van der Waals surface area contributed by atoms with Crippen LogP contribution < -0.4 is 5.63 Å². The van der Waals surface area contributed by atoms with Crippen LogP contribution in [0.2, 0.25) is 0 Å². The third-order valence-corrected chi connectivity index (χ3v) is 5.14. The second kappa shape index (κ2) is 13.6. The molecule has 0 aliphatic rings. The van der Waals surface area contributed by atoms with Gasteiger partial charge in [0.1, 0.15) is 17.1 Å². The molecule has 2 N–H and O–H groups in total. The van der Waals surface area contributed by atoms with Crippen LogP contribution in [-0.2, 0) is 9.53 Å². The highest BCUT2D eigenvalue weighted by atomic mass is 16.5. The Labute approximate surface area is 183 Å². The van der Waals surface area contributed by atoms with Crippen LogP contribution >= 0.6 is 0 Å². The standard InChI is InChI=1S/C24H34O7/c1-5-6-7-8-9-13-18(25)17(3)23(28)22-19(26)15-20(31-24(22)29)16(2)12-10-11-14-21(27)30-4/h9,11,13-18,25-26H,5-8,10,12H2,1-4H3. The minimum atomic E-state index is -1.06. The van der Waals surface area contributed by atoms with Crippen LogP contribution in [0, 0.1) is 5.92 Å². The van der Waals surface area contributed by atoms with Crippen molar-refractivity contribution in [3.05, 3.63) is 52.1 Å². The number of carbonyl (C=O) groups excluding carboxylic acids is 2. The quantitative estimate of drug-likeness (QED) is 0.157. The van der Waals surface area contributed by atoms with E-state index >= 15 is 0 Å². The van der Waals surface area contributed by atoms with E-state index in [0.29, 0.717) is 12.8 Å². The Bertz CT molecular complexity index is 835. The molecule has 7 nitrogen and oxygen atoms in total. The van der Waals surface area contributed by atoms with Gasteiger partial charge in [0.2, 0.25) is 0 Å². The zero-order valence-electron chi connectivity index (χ0n) is 18.8. The lowest BCUT2D eigenvalue weighted by molar-refractivity contribution is -0.134. The lowest BCUT2D eigenvalue weighted by atomic mass is 9.93. The molecule has 31 heavy (non-hydrogen) atoms. The van der Waals surface area contributed by atoms with Gasteiger partial charge in [-0.05, 0) is 25.7 Å². The van der Waals surface area contributed by atoms with Gasteiger partial charge in [-0.15, -0.1) is 0 Å². The van der Waals surface area contributed by atoms with Crippen molar-refractivity contribution in [3.63, 3.8) is 0 Å². The van der Waals surface area contributed by atoms with E-state index in [1.54, 1.807) is 19.1 Å². The van der Waals surface area contributed by atoms with E-state index < -0.39 is 40.7 Å². The van der Waals surface area contributed by atoms with Crippen LogP contribution in [0.4, 0.5) is 0 Å². The van der Waals surface area contributed by atoms with Gasteiger partial charge in [0.25, 0.3) is 0 Å². The smallest absolute Gasteiger partial charge is 0.350 e. The summed E-state index contributed by atoms with van der Waals surface area (Å²) in [6.45, 7) is 5.42. The molecular formula is C24H34O7. The Hall–Kier alpha value is -2.67. The molecule has 0 spiro atoms. The Morgan fingerprint density at radius 2 is 1.90 bits per heavy atom. The topological polar surface area (TPSA) is 114 Å². The summed E-state index contributed by atoms with van der Waals surface area (Å²) < 4.78 is 9.78. The van der Waals surface area contributed by atoms with Crippen molar-refractivity contribution >= 4 is 11.8 Å². The number of ether oxygens (including phenoxy) is 1. The molecular weight excluding hydrogens is 400 g/mol. The molecule has 3 unspecified atom stereocenters. The fourth-order valence-corrected chi connectivity index (χ4v) is 3.00. The van der Waals surface area contributed by atoms with Crippen molar-refractivity contribution in [2.45, 2.75) is 71.3 Å². The number of ketones is 1. The van der Waals surface area contributed by atoms with Crippen molar-refractivity contribution in [1.29, 1.82) is 0 Å². The molecule has 0 bridgehead atoms. The van der Waals surface area contributed by atoms with E-state index in [1.807, 2.05) is 6.08 Å². The number of carbonyl (C=O) groups is 2. The Kier molecular flexibility index (Phi) is 11.6. The normalized spacial score (nSPS) is 14.6. The number of aliphatic hydroxyl groups excluding tert-OH is 1. The molecule has 1 aromatic rings. The second-order valence-electron chi connectivity index (χ2n) is 7.67. The zero-order valence-corrected chi connectivity index (χ0v) is 18.8. The fourth-order valence-electron chi connectivity index (χ4n) is 3.00. The van der Waals surface area contributed by atoms with Crippen LogP contribution in [0.5, 0.6) is 5.75 Å². The molecule has 3 atom stereocenters. The zero-order chi connectivity index (χ0) is 23.4. The van der Waals surface area contributed by atoms with E-state index in [4.69, 9.17) is 4.42 Å².